The van der Waals surface area contributed by atoms with Gasteiger partial charge in [0.1, 0.15) is 5.82 Å². The Balaban J connectivity index is 1.54. The number of likely N-dealkylation sites (N-methyl/N-ethyl adjacent to an activating group) is 1. The van der Waals surface area contributed by atoms with Crippen molar-refractivity contribution < 1.29 is 0 Å². The molecule has 1 aromatic carbocycles. The second-order valence-electron chi connectivity index (χ2n) is 8.21. The number of hydrogen-bond acceptors (Lipinski definition) is 5. The zero-order chi connectivity index (χ0) is 20.4. The van der Waals surface area contributed by atoms with Gasteiger partial charge < -0.3 is 20.5 Å². The molecule has 0 saturated heterocycles. The molecule has 0 aliphatic heterocycles. The molecule has 2 heterocycles. The zero-order valence-electron chi connectivity index (χ0n) is 17.5. The van der Waals surface area contributed by atoms with E-state index in [1.54, 1.807) is 6.20 Å². The monoisotopic (exact) mass is 394 g/mol. The van der Waals surface area contributed by atoms with Crippen molar-refractivity contribution in [1.29, 1.82) is 0 Å². The van der Waals surface area contributed by atoms with Crippen molar-refractivity contribution in [2.45, 2.75) is 38.6 Å². The summed E-state index contributed by atoms with van der Waals surface area (Å²) in [6, 6.07) is 8.56. The molecule has 3 aromatic rings. The highest BCUT2D eigenvalue weighted by molar-refractivity contribution is 5.79. The Kier molecular flexibility index (Phi) is 5.58. The summed E-state index contributed by atoms with van der Waals surface area (Å²) in [4.78, 5) is 22.1. The highest BCUT2D eigenvalue weighted by Gasteiger charge is 2.21. The van der Waals surface area contributed by atoms with Crippen LogP contribution < -0.4 is 16.3 Å². The molecule has 0 bridgehead atoms. The van der Waals surface area contributed by atoms with Crippen LogP contribution in [-0.2, 0) is 0 Å². The lowest BCUT2D eigenvalue weighted by molar-refractivity contribution is 0.425. The van der Waals surface area contributed by atoms with Crippen molar-refractivity contribution in [3.05, 3.63) is 46.5 Å². The Morgan fingerprint density at radius 2 is 2.03 bits per heavy atom. The van der Waals surface area contributed by atoms with Gasteiger partial charge in [0.05, 0.1) is 17.2 Å². The van der Waals surface area contributed by atoms with E-state index in [0.29, 0.717) is 6.04 Å². The maximum Gasteiger partial charge on any atom is 0.326 e. The molecule has 1 saturated carbocycles. The largest absolute Gasteiger partial charge is 0.384 e. The number of hydrogen-bond donors (Lipinski definition) is 3. The Hall–Kier alpha value is -2.80. The molecule has 7 nitrogen and oxygen atoms in total. The maximum absolute atomic E-state index is 12.5. The molecule has 0 unspecified atom stereocenters. The van der Waals surface area contributed by atoms with E-state index < -0.39 is 0 Å². The van der Waals surface area contributed by atoms with E-state index >= 15 is 0 Å². The second-order valence-corrected chi connectivity index (χ2v) is 8.21. The first-order chi connectivity index (χ1) is 14.0. The van der Waals surface area contributed by atoms with Crippen LogP contribution in [0.4, 0.5) is 17.2 Å². The molecule has 4 rings (SSSR count). The van der Waals surface area contributed by atoms with Crippen molar-refractivity contribution in [3.63, 3.8) is 0 Å². The van der Waals surface area contributed by atoms with Gasteiger partial charge in [0.25, 0.3) is 0 Å². The molecule has 0 spiro atoms. The van der Waals surface area contributed by atoms with Gasteiger partial charge in [0.2, 0.25) is 0 Å². The summed E-state index contributed by atoms with van der Waals surface area (Å²) >= 11 is 0. The first-order valence-electron chi connectivity index (χ1n) is 10.4. The normalized spacial score (nSPS) is 14.8. The molecule has 29 heavy (non-hydrogen) atoms. The first-order valence-corrected chi connectivity index (χ1v) is 10.4. The molecular formula is C22H30N6O. The Morgan fingerprint density at radius 3 is 2.76 bits per heavy atom. The lowest BCUT2D eigenvalue weighted by Gasteiger charge is -2.14. The van der Waals surface area contributed by atoms with Gasteiger partial charge in [-0.15, -0.1) is 0 Å². The summed E-state index contributed by atoms with van der Waals surface area (Å²) < 4.78 is 1.92. The summed E-state index contributed by atoms with van der Waals surface area (Å²) in [7, 11) is 4.14. The van der Waals surface area contributed by atoms with Gasteiger partial charge >= 0.3 is 5.69 Å². The number of pyridine rings is 1. The summed E-state index contributed by atoms with van der Waals surface area (Å²) in [5.74, 6) is 0.750. The lowest BCUT2D eigenvalue weighted by atomic mass is 10.1. The van der Waals surface area contributed by atoms with Crippen LogP contribution in [-0.4, -0.2) is 46.6 Å². The number of aromatic amines is 1. The van der Waals surface area contributed by atoms with Gasteiger partial charge in [0, 0.05) is 36.6 Å². The van der Waals surface area contributed by atoms with Crippen LogP contribution in [0.25, 0.3) is 11.0 Å². The Morgan fingerprint density at radius 1 is 1.24 bits per heavy atom. The molecule has 7 heteroatoms. The van der Waals surface area contributed by atoms with Crippen LogP contribution >= 0.6 is 0 Å². The van der Waals surface area contributed by atoms with E-state index in [1.807, 2.05) is 10.6 Å². The van der Waals surface area contributed by atoms with Gasteiger partial charge in [-0.2, -0.15) is 0 Å². The van der Waals surface area contributed by atoms with Crippen LogP contribution in [0, 0.1) is 6.92 Å². The highest BCUT2D eigenvalue weighted by atomic mass is 16.1. The summed E-state index contributed by atoms with van der Waals surface area (Å²) in [6.45, 7) is 3.98. The number of imidazole rings is 1. The topological polar surface area (TPSA) is 78.0 Å². The summed E-state index contributed by atoms with van der Waals surface area (Å²) in [6.07, 6.45) is 6.26. The predicted octanol–water partition coefficient (Wildman–Crippen LogP) is 3.87. The Bertz CT molecular complexity index is 1050. The van der Waals surface area contributed by atoms with Gasteiger partial charge in [-0.25, -0.2) is 9.78 Å². The quantitative estimate of drug-likeness (QED) is 0.567. The minimum Gasteiger partial charge on any atom is -0.384 e. The van der Waals surface area contributed by atoms with Crippen molar-refractivity contribution >= 4 is 28.2 Å². The minimum atomic E-state index is -0.0322. The molecule has 2 aromatic heterocycles. The van der Waals surface area contributed by atoms with Crippen molar-refractivity contribution in [2.75, 3.05) is 37.8 Å². The van der Waals surface area contributed by atoms with Crippen LogP contribution in [0.1, 0.15) is 37.3 Å². The molecule has 0 amide bonds. The molecule has 0 radical (unpaired) electrons. The molecular weight excluding hydrogens is 364 g/mol. The van der Waals surface area contributed by atoms with Crippen molar-refractivity contribution in [1.82, 2.24) is 19.4 Å². The van der Waals surface area contributed by atoms with Crippen LogP contribution in [0.2, 0.25) is 0 Å². The van der Waals surface area contributed by atoms with E-state index in [-0.39, 0.29) is 5.69 Å². The standard InChI is InChI=1S/C22H30N6O/c1-15-12-16(23-10-11-27(2)3)8-9-18(15)25-21-13-20-19(14-24-21)26-22(29)28(20)17-6-4-5-7-17/h8-9,12-14,17,23H,4-7,10-11H2,1-3H3,(H,24,25)(H,26,29). The average Bonchev–Trinajstić information content (AvgIpc) is 3.30. The van der Waals surface area contributed by atoms with E-state index in [1.165, 1.54) is 12.8 Å². The summed E-state index contributed by atoms with van der Waals surface area (Å²) in [5, 5.41) is 6.86. The fraction of sp³-hybridized carbons (Fsp3) is 0.455. The number of H-pyrrole nitrogens is 1. The fourth-order valence-corrected chi connectivity index (χ4v) is 4.09. The van der Waals surface area contributed by atoms with Gasteiger partial charge in [-0.05, 0) is 57.6 Å². The average molecular weight is 395 g/mol. The third-order valence-electron chi connectivity index (χ3n) is 5.67. The molecule has 154 valence electrons. The number of aromatic nitrogens is 3. The highest BCUT2D eigenvalue weighted by Crippen LogP contribution is 2.31. The number of aryl methyl sites for hydroxylation is 1. The molecule has 1 fully saturated rings. The molecule has 1 aliphatic rings. The van der Waals surface area contributed by atoms with Gasteiger partial charge in [-0.1, -0.05) is 12.8 Å². The third kappa shape index (κ3) is 4.29. The van der Waals surface area contributed by atoms with Crippen LogP contribution in [0.3, 0.4) is 0 Å². The second kappa shape index (κ2) is 8.29. The Labute approximate surface area is 171 Å². The molecule has 3 N–H and O–H groups in total. The maximum atomic E-state index is 12.5. The number of nitrogens with zero attached hydrogens (tertiary/aromatic N) is 3. The minimum absolute atomic E-state index is 0.0322. The third-order valence-corrected chi connectivity index (χ3v) is 5.67. The predicted molar refractivity (Wildman–Crippen MR) is 119 cm³/mol. The van der Waals surface area contributed by atoms with Crippen LogP contribution in [0.5, 0.6) is 0 Å². The summed E-state index contributed by atoms with van der Waals surface area (Å²) in [5.41, 5.74) is 4.96. The first kappa shape index (κ1) is 19.5. The van der Waals surface area contributed by atoms with E-state index in [0.717, 1.165) is 59.7 Å². The van der Waals surface area contributed by atoms with Gasteiger partial charge in [0.15, 0.2) is 0 Å². The number of rotatable bonds is 7. The fourth-order valence-electron chi connectivity index (χ4n) is 4.09. The van der Waals surface area contributed by atoms with Gasteiger partial charge in [-0.3, -0.25) is 4.57 Å². The number of fused-ring (bicyclic) bond motifs is 1. The number of anilines is 3. The smallest absolute Gasteiger partial charge is 0.326 e. The number of nitrogens with one attached hydrogen (secondary N) is 3. The van der Waals surface area contributed by atoms with Crippen molar-refractivity contribution in [3.8, 4) is 0 Å². The van der Waals surface area contributed by atoms with E-state index in [2.05, 4.69) is 64.7 Å². The SMILES string of the molecule is Cc1cc(NCCN(C)C)ccc1Nc1cc2c(cn1)[nH]c(=O)n2C1CCCC1. The zero-order valence-corrected chi connectivity index (χ0v) is 17.5. The molecule has 0 atom stereocenters. The van der Waals surface area contributed by atoms with E-state index in [9.17, 15) is 4.79 Å². The van der Waals surface area contributed by atoms with E-state index in [4.69, 9.17) is 0 Å². The number of benzene rings is 1. The molecule has 1 aliphatic carbocycles. The van der Waals surface area contributed by atoms with Crippen molar-refractivity contribution in [2.24, 2.45) is 0 Å². The van der Waals surface area contributed by atoms with Crippen LogP contribution in [0.15, 0.2) is 35.3 Å². The lowest BCUT2D eigenvalue weighted by Crippen LogP contribution is -2.20.